The Morgan fingerprint density at radius 2 is 1.87 bits per heavy atom. The van der Waals surface area contributed by atoms with Crippen LogP contribution in [-0.2, 0) is 11.2 Å². The third-order valence-electron chi connectivity index (χ3n) is 3.39. The van der Waals surface area contributed by atoms with Crippen molar-refractivity contribution >= 4 is 29.0 Å². The van der Waals surface area contributed by atoms with E-state index in [0.717, 1.165) is 22.6 Å². The zero-order valence-electron chi connectivity index (χ0n) is 13.0. The van der Waals surface area contributed by atoms with E-state index in [1.807, 2.05) is 38.1 Å². The van der Waals surface area contributed by atoms with Gasteiger partial charge in [-0.15, -0.1) is 11.8 Å². The van der Waals surface area contributed by atoms with Gasteiger partial charge in [-0.25, -0.2) is 0 Å². The number of benzene rings is 2. The average molecular weight is 330 g/mol. The Bertz CT molecular complexity index is 701. The monoisotopic (exact) mass is 330 g/mol. The highest BCUT2D eigenvalue weighted by atomic mass is 32.2. The van der Waals surface area contributed by atoms with E-state index in [0.29, 0.717) is 0 Å². The Morgan fingerprint density at radius 3 is 2.48 bits per heavy atom. The number of nitro benzene ring substituents is 1. The number of thioether (sulfide) groups is 1. The molecule has 1 amide bonds. The number of aryl methyl sites for hydroxylation is 1. The summed E-state index contributed by atoms with van der Waals surface area (Å²) in [4.78, 5) is 23.3. The smallest absolute Gasteiger partial charge is 0.269 e. The summed E-state index contributed by atoms with van der Waals surface area (Å²) in [5.74, 6) is -0.0887. The number of carbonyl (C=O) groups excluding carboxylic acids is 1. The van der Waals surface area contributed by atoms with Gasteiger partial charge < -0.3 is 5.32 Å². The molecule has 0 heterocycles. The zero-order chi connectivity index (χ0) is 16.8. The van der Waals surface area contributed by atoms with Crippen LogP contribution in [0.5, 0.6) is 0 Å². The molecule has 0 fully saturated rings. The van der Waals surface area contributed by atoms with Gasteiger partial charge in [-0.2, -0.15) is 0 Å². The molecular weight excluding hydrogens is 312 g/mol. The van der Waals surface area contributed by atoms with Crippen LogP contribution in [0.15, 0.2) is 53.4 Å². The van der Waals surface area contributed by atoms with E-state index in [1.54, 1.807) is 12.1 Å². The molecule has 0 spiro atoms. The van der Waals surface area contributed by atoms with Crippen LogP contribution < -0.4 is 5.32 Å². The molecule has 2 aromatic carbocycles. The van der Waals surface area contributed by atoms with Crippen molar-refractivity contribution in [2.75, 3.05) is 5.32 Å². The fourth-order valence-electron chi connectivity index (χ4n) is 2.09. The molecule has 1 atom stereocenters. The molecule has 1 N–H and O–H groups in total. The molecule has 0 aromatic heterocycles. The first kappa shape index (κ1) is 17.0. The van der Waals surface area contributed by atoms with E-state index in [4.69, 9.17) is 0 Å². The third-order valence-corrected chi connectivity index (χ3v) is 4.50. The molecule has 23 heavy (non-hydrogen) atoms. The normalized spacial score (nSPS) is 11.7. The molecule has 0 aliphatic carbocycles. The van der Waals surface area contributed by atoms with Gasteiger partial charge >= 0.3 is 0 Å². The Balaban J connectivity index is 2.01. The van der Waals surface area contributed by atoms with Crippen LogP contribution in [0.4, 0.5) is 11.4 Å². The number of carbonyl (C=O) groups is 1. The summed E-state index contributed by atoms with van der Waals surface area (Å²) in [6.45, 7) is 3.86. The lowest BCUT2D eigenvalue weighted by atomic mass is 10.1. The lowest BCUT2D eigenvalue weighted by Gasteiger charge is -2.14. The van der Waals surface area contributed by atoms with Gasteiger partial charge in [0.05, 0.1) is 10.2 Å². The summed E-state index contributed by atoms with van der Waals surface area (Å²) in [6.07, 6.45) is 0.848. The molecule has 0 saturated heterocycles. The lowest BCUT2D eigenvalue weighted by molar-refractivity contribution is -0.384. The number of anilines is 1. The van der Waals surface area contributed by atoms with Crippen molar-refractivity contribution in [3.63, 3.8) is 0 Å². The summed E-state index contributed by atoms with van der Waals surface area (Å²) in [5, 5.41) is 13.3. The highest BCUT2D eigenvalue weighted by molar-refractivity contribution is 8.00. The molecule has 1 unspecified atom stereocenters. The van der Waals surface area contributed by atoms with Gasteiger partial charge in [-0.3, -0.25) is 14.9 Å². The van der Waals surface area contributed by atoms with E-state index < -0.39 is 4.92 Å². The Hall–Kier alpha value is -2.34. The van der Waals surface area contributed by atoms with E-state index in [-0.39, 0.29) is 16.8 Å². The van der Waals surface area contributed by atoms with Gasteiger partial charge in [0.2, 0.25) is 5.91 Å². The number of non-ortho nitro benzene ring substituents is 1. The quantitative estimate of drug-likeness (QED) is 0.487. The van der Waals surface area contributed by atoms with Crippen molar-refractivity contribution in [2.24, 2.45) is 0 Å². The molecule has 0 aliphatic heterocycles. The largest absolute Gasteiger partial charge is 0.325 e. The topological polar surface area (TPSA) is 72.2 Å². The van der Waals surface area contributed by atoms with Gasteiger partial charge in [-0.1, -0.05) is 25.1 Å². The summed E-state index contributed by atoms with van der Waals surface area (Å²) < 4.78 is 0. The number of amides is 1. The van der Waals surface area contributed by atoms with Crippen molar-refractivity contribution in [3.05, 3.63) is 64.2 Å². The predicted molar refractivity (Wildman–Crippen MR) is 92.9 cm³/mol. The predicted octanol–water partition coefficient (Wildman–Crippen LogP) is 4.28. The molecular formula is C17H18N2O3S. The standard InChI is InChI=1S/C17H18N2O3S/c1-3-13-6-4-5-7-16(13)18-17(20)12(2)23-15-10-8-14(9-11-15)19(21)22/h4-12H,3H2,1-2H3,(H,18,20). The van der Waals surface area contributed by atoms with Crippen molar-refractivity contribution in [1.82, 2.24) is 0 Å². The Kier molecular flexibility index (Phi) is 5.76. The van der Waals surface area contributed by atoms with E-state index >= 15 is 0 Å². The first-order valence-electron chi connectivity index (χ1n) is 7.31. The van der Waals surface area contributed by atoms with Gasteiger partial charge in [0.1, 0.15) is 0 Å². The SMILES string of the molecule is CCc1ccccc1NC(=O)C(C)Sc1ccc([N+](=O)[O-])cc1. The fraction of sp³-hybridized carbons (Fsp3) is 0.235. The van der Waals surface area contributed by atoms with Crippen LogP contribution in [0.2, 0.25) is 0 Å². The van der Waals surface area contributed by atoms with Crippen LogP contribution in [0.1, 0.15) is 19.4 Å². The maximum absolute atomic E-state index is 12.3. The number of nitro groups is 1. The van der Waals surface area contributed by atoms with Gasteiger partial charge in [0.15, 0.2) is 0 Å². The second kappa shape index (κ2) is 7.78. The van der Waals surface area contributed by atoms with Crippen molar-refractivity contribution in [1.29, 1.82) is 0 Å². The summed E-state index contributed by atoms with van der Waals surface area (Å²) in [5.41, 5.74) is 1.97. The van der Waals surface area contributed by atoms with E-state index in [2.05, 4.69) is 5.32 Å². The second-order valence-electron chi connectivity index (χ2n) is 5.01. The Morgan fingerprint density at radius 1 is 1.22 bits per heavy atom. The highest BCUT2D eigenvalue weighted by Crippen LogP contribution is 2.26. The number of para-hydroxylation sites is 1. The molecule has 5 nitrogen and oxygen atoms in total. The minimum Gasteiger partial charge on any atom is -0.325 e. The van der Waals surface area contributed by atoms with Gasteiger partial charge in [0, 0.05) is 22.7 Å². The minimum atomic E-state index is -0.438. The molecule has 2 rings (SSSR count). The number of hydrogen-bond donors (Lipinski definition) is 1. The third kappa shape index (κ3) is 4.56. The second-order valence-corrected chi connectivity index (χ2v) is 6.43. The van der Waals surface area contributed by atoms with Crippen molar-refractivity contribution < 1.29 is 9.72 Å². The van der Waals surface area contributed by atoms with E-state index in [1.165, 1.54) is 23.9 Å². The average Bonchev–Trinajstić information content (AvgIpc) is 2.55. The zero-order valence-corrected chi connectivity index (χ0v) is 13.8. The maximum Gasteiger partial charge on any atom is 0.269 e. The molecule has 0 saturated carbocycles. The van der Waals surface area contributed by atoms with Crippen LogP contribution >= 0.6 is 11.8 Å². The first-order chi connectivity index (χ1) is 11.0. The Labute approximate surface area is 139 Å². The van der Waals surface area contributed by atoms with Crippen LogP contribution in [0, 0.1) is 10.1 Å². The van der Waals surface area contributed by atoms with Crippen molar-refractivity contribution in [3.8, 4) is 0 Å². The highest BCUT2D eigenvalue weighted by Gasteiger charge is 2.16. The lowest BCUT2D eigenvalue weighted by Crippen LogP contribution is -2.23. The summed E-state index contributed by atoms with van der Waals surface area (Å²) in [6, 6.07) is 13.9. The number of nitrogens with zero attached hydrogens (tertiary/aromatic N) is 1. The molecule has 6 heteroatoms. The summed E-state index contributed by atoms with van der Waals surface area (Å²) >= 11 is 1.37. The maximum atomic E-state index is 12.3. The molecule has 0 radical (unpaired) electrons. The number of nitrogens with one attached hydrogen (secondary N) is 1. The molecule has 2 aromatic rings. The molecule has 0 bridgehead atoms. The molecule has 0 aliphatic rings. The fourth-order valence-corrected chi connectivity index (χ4v) is 2.96. The first-order valence-corrected chi connectivity index (χ1v) is 8.19. The van der Waals surface area contributed by atoms with E-state index in [9.17, 15) is 14.9 Å². The number of rotatable bonds is 6. The minimum absolute atomic E-state index is 0.0447. The van der Waals surface area contributed by atoms with Crippen LogP contribution in [0.25, 0.3) is 0 Å². The number of hydrogen-bond acceptors (Lipinski definition) is 4. The molecule has 120 valence electrons. The van der Waals surface area contributed by atoms with Crippen LogP contribution in [-0.4, -0.2) is 16.1 Å². The van der Waals surface area contributed by atoms with Crippen molar-refractivity contribution in [2.45, 2.75) is 30.4 Å². The van der Waals surface area contributed by atoms with Crippen LogP contribution in [0.3, 0.4) is 0 Å². The van der Waals surface area contributed by atoms with Gasteiger partial charge in [-0.05, 0) is 37.1 Å². The summed E-state index contributed by atoms with van der Waals surface area (Å²) in [7, 11) is 0. The van der Waals surface area contributed by atoms with Gasteiger partial charge in [0.25, 0.3) is 5.69 Å².